The van der Waals surface area contributed by atoms with Crippen molar-refractivity contribution in [3.05, 3.63) is 60.2 Å². The number of hydrogen-bond acceptors (Lipinski definition) is 5. The molecule has 8 nitrogen and oxygen atoms in total. The highest BCUT2D eigenvalue weighted by Gasteiger charge is 2.34. The van der Waals surface area contributed by atoms with E-state index in [0.717, 1.165) is 25.7 Å². The van der Waals surface area contributed by atoms with E-state index in [1.165, 1.54) is 11.4 Å². The van der Waals surface area contributed by atoms with Crippen LogP contribution in [-0.2, 0) is 14.8 Å². The monoisotopic (exact) mass is 499 g/mol. The van der Waals surface area contributed by atoms with Crippen molar-refractivity contribution in [2.45, 2.75) is 55.5 Å². The molecule has 1 saturated carbocycles. The Hall–Kier alpha value is -2.91. The minimum atomic E-state index is -3.61. The predicted molar refractivity (Wildman–Crippen MR) is 133 cm³/mol. The van der Waals surface area contributed by atoms with Crippen LogP contribution in [0, 0.1) is 5.92 Å². The van der Waals surface area contributed by atoms with Crippen molar-refractivity contribution in [1.82, 2.24) is 14.9 Å². The lowest BCUT2D eigenvalue weighted by atomic mass is 9.88. The van der Waals surface area contributed by atoms with E-state index < -0.39 is 10.0 Å². The average molecular weight is 500 g/mol. The first-order valence-corrected chi connectivity index (χ1v) is 13.6. The second-order valence-corrected chi connectivity index (χ2v) is 11.1. The molecule has 2 aromatic carbocycles. The first kappa shape index (κ1) is 25.2. The molecule has 0 spiro atoms. The minimum absolute atomic E-state index is 0.0580. The van der Waals surface area contributed by atoms with Crippen LogP contribution < -0.4 is 15.4 Å². The Balaban J connectivity index is 1.32. The summed E-state index contributed by atoms with van der Waals surface area (Å²) in [5.74, 6) is 0.163. The summed E-state index contributed by atoms with van der Waals surface area (Å²) in [7, 11) is -2.08. The van der Waals surface area contributed by atoms with Crippen LogP contribution in [0.15, 0.2) is 59.5 Å². The fourth-order valence-electron chi connectivity index (χ4n) is 4.87. The molecular formula is C26H33N3O5S. The molecule has 2 atom stereocenters. The maximum Gasteiger partial charge on any atom is 0.251 e. The molecule has 4 rings (SSSR count). The molecule has 1 aliphatic carbocycles. The lowest BCUT2D eigenvalue weighted by Crippen LogP contribution is -2.55. The third kappa shape index (κ3) is 6.02. The molecule has 2 fully saturated rings. The van der Waals surface area contributed by atoms with Gasteiger partial charge in [0.15, 0.2) is 0 Å². The second-order valence-electron chi connectivity index (χ2n) is 9.20. The molecular weight excluding hydrogens is 466 g/mol. The highest BCUT2D eigenvalue weighted by molar-refractivity contribution is 7.89. The van der Waals surface area contributed by atoms with Gasteiger partial charge in [-0.25, -0.2) is 8.42 Å². The number of carbonyl (C=O) groups excluding carboxylic acids is 2. The zero-order valence-electron chi connectivity index (χ0n) is 20.0. The van der Waals surface area contributed by atoms with Gasteiger partial charge in [0.25, 0.3) is 5.91 Å². The highest BCUT2D eigenvalue weighted by Crippen LogP contribution is 2.26. The van der Waals surface area contributed by atoms with Crippen molar-refractivity contribution >= 4 is 21.8 Å². The smallest absolute Gasteiger partial charge is 0.251 e. The quantitative estimate of drug-likeness (QED) is 0.610. The van der Waals surface area contributed by atoms with Gasteiger partial charge in [-0.15, -0.1) is 0 Å². The number of sulfonamides is 1. The summed E-state index contributed by atoms with van der Waals surface area (Å²) < 4.78 is 32.5. The van der Waals surface area contributed by atoms with E-state index in [9.17, 15) is 18.0 Å². The molecule has 1 heterocycles. The molecule has 2 amide bonds. The summed E-state index contributed by atoms with van der Waals surface area (Å²) in [4.78, 5) is 25.9. The van der Waals surface area contributed by atoms with Gasteiger partial charge in [0, 0.05) is 36.7 Å². The van der Waals surface area contributed by atoms with Gasteiger partial charge in [0.1, 0.15) is 5.75 Å². The van der Waals surface area contributed by atoms with Gasteiger partial charge >= 0.3 is 0 Å². The molecule has 0 radical (unpaired) electrons. The van der Waals surface area contributed by atoms with E-state index in [1.54, 1.807) is 36.4 Å². The van der Waals surface area contributed by atoms with Crippen LogP contribution in [0.2, 0.25) is 0 Å². The number of nitrogens with one attached hydrogen (secondary N) is 2. The molecule has 0 bridgehead atoms. The number of piperidine rings is 1. The summed E-state index contributed by atoms with van der Waals surface area (Å²) in [5.41, 5.74) is 0.605. The van der Waals surface area contributed by atoms with Crippen molar-refractivity contribution in [2.75, 3.05) is 20.2 Å². The fraction of sp³-hybridized carbons (Fsp3) is 0.462. The minimum Gasteiger partial charge on any atom is -0.497 e. The van der Waals surface area contributed by atoms with Gasteiger partial charge in [-0.2, -0.15) is 4.31 Å². The highest BCUT2D eigenvalue weighted by atomic mass is 32.2. The number of rotatable bonds is 7. The molecule has 9 heteroatoms. The average Bonchev–Trinajstić information content (AvgIpc) is 2.90. The Labute approximate surface area is 207 Å². The number of hydrogen-bond donors (Lipinski definition) is 2. The van der Waals surface area contributed by atoms with Crippen molar-refractivity contribution in [2.24, 2.45) is 5.92 Å². The fourth-order valence-corrected chi connectivity index (χ4v) is 6.34. The summed E-state index contributed by atoms with van der Waals surface area (Å²) in [6, 6.07) is 15.2. The Kier molecular flexibility index (Phi) is 8.07. The van der Waals surface area contributed by atoms with Gasteiger partial charge in [-0.1, -0.05) is 31.0 Å². The van der Waals surface area contributed by atoms with E-state index in [2.05, 4.69) is 10.6 Å². The van der Waals surface area contributed by atoms with Crippen LogP contribution in [0.1, 0.15) is 48.9 Å². The van der Waals surface area contributed by atoms with E-state index in [1.807, 2.05) is 18.2 Å². The zero-order chi connectivity index (χ0) is 24.8. The van der Waals surface area contributed by atoms with Crippen molar-refractivity contribution < 1.29 is 22.7 Å². The summed E-state index contributed by atoms with van der Waals surface area (Å²) in [5, 5.41) is 6.25. The van der Waals surface area contributed by atoms with Gasteiger partial charge in [-0.05, 0) is 62.1 Å². The lowest BCUT2D eigenvalue weighted by molar-refractivity contribution is -0.127. The van der Waals surface area contributed by atoms with Crippen LogP contribution in [0.3, 0.4) is 0 Å². The molecule has 0 aromatic heterocycles. The Bertz CT molecular complexity index is 1110. The SMILES string of the molecule is COc1ccc(S(=O)(=O)N2CCC(C(=O)NC3CCCC[C@H]3NC(=O)c3ccccc3)CC2)cc1. The molecule has 2 aliphatic rings. The number of amides is 2. The largest absolute Gasteiger partial charge is 0.497 e. The number of carbonyl (C=O) groups is 2. The third-order valence-electron chi connectivity index (χ3n) is 6.97. The van der Waals surface area contributed by atoms with Gasteiger partial charge < -0.3 is 15.4 Å². The third-order valence-corrected chi connectivity index (χ3v) is 8.88. The number of methoxy groups -OCH3 is 1. The van der Waals surface area contributed by atoms with E-state index in [0.29, 0.717) is 37.2 Å². The van der Waals surface area contributed by atoms with Crippen LogP contribution in [0.5, 0.6) is 5.75 Å². The topological polar surface area (TPSA) is 105 Å². The maximum atomic E-state index is 13.1. The number of nitrogens with zero attached hydrogens (tertiary/aromatic N) is 1. The van der Waals surface area contributed by atoms with Gasteiger partial charge in [0.2, 0.25) is 15.9 Å². The molecule has 2 N–H and O–H groups in total. The molecule has 1 unspecified atom stereocenters. The first-order chi connectivity index (χ1) is 16.9. The van der Waals surface area contributed by atoms with Crippen LogP contribution in [0.25, 0.3) is 0 Å². The summed E-state index contributed by atoms with van der Waals surface area (Å²) in [6.45, 7) is 0.594. The molecule has 1 saturated heterocycles. The molecule has 1 aliphatic heterocycles. The van der Waals surface area contributed by atoms with Crippen molar-refractivity contribution in [3.8, 4) is 5.75 Å². The van der Waals surface area contributed by atoms with Crippen molar-refractivity contribution in [1.29, 1.82) is 0 Å². The lowest BCUT2D eigenvalue weighted by Gasteiger charge is -2.35. The normalized spacial score (nSPS) is 21.7. The van der Waals surface area contributed by atoms with E-state index >= 15 is 0 Å². The summed E-state index contributed by atoms with van der Waals surface area (Å²) in [6.07, 6.45) is 4.58. The van der Waals surface area contributed by atoms with Crippen LogP contribution in [0.4, 0.5) is 0 Å². The molecule has 35 heavy (non-hydrogen) atoms. The Morgan fingerprint density at radius 2 is 1.46 bits per heavy atom. The Morgan fingerprint density at radius 1 is 0.857 bits per heavy atom. The van der Waals surface area contributed by atoms with E-state index in [-0.39, 0.29) is 34.7 Å². The standard InChI is InChI=1S/C26H33N3O5S/c1-34-21-11-13-22(14-12-21)35(32,33)29-17-15-20(16-18-29)26(31)28-24-10-6-5-9-23(24)27-25(30)19-7-3-2-4-8-19/h2-4,7-8,11-14,20,23-24H,5-6,9-10,15-18H2,1H3,(H,27,30)(H,28,31)/t23-,24?/m1/s1. The van der Waals surface area contributed by atoms with Gasteiger partial charge in [0.05, 0.1) is 12.0 Å². The molecule has 2 aromatic rings. The second kappa shape index (κ2) is 11.2. The van der Waals surface area contributed by atoms with E-state index in [4.69, 9.17) is 4.74 Å². The first-order valence-electron chi connectivity index (χ1n) is 12.2. The predicted octanol–water partition coefficient (Wildman–Crippen LogP) is 2.95. The van der Waals surface area contributed by atoms with Crippen LogP contribution >= 0.6 is 0 Å². The van der Waals surface area contributed by atoms with Crippen LogP contribution in [-0.4, -0.2) is 56.8 Å². The zero-order valence-corrected chi connectivity index (χ0v) is 20.8. The summed E-state index contributed by atoms with van der Waals surface area (Å²) >= 11 is 0. The number of benzene rings is 2. The molecule has 188 valence electrons. The number of ether oxygens (including phenoxy) is 1. The maximum absolute atomic E-state index is 13.1. The Morgan fingerprint density at radius 3 is 2.06 bits per heavy atom. The van der Waals surface area contributed by atoms with Crippen molar-refractivity contribution in [3.63, 3.8) is 0 Å². The van der Waals surface area contributed by atoms with Gasteiger partial charge in [-0.3, -0.25) is 9.59 Å².